The summed E-state index contributed by atoms with van der Waals surface area (Å²) in [6.45, 7) is 3.68. The molecule has 0 aromatic rings. The van der Waals surface area contributed by atoms with Crippen molar-refractivity contribution in [2.24, 2.45) is 5.92 Å². The molecule has 0 saturated carbocycles. The molecular weight excluding hydrogens is 216 g/mol. The molecular formula is C10H18O4S. The Hall–Kier alpha value is -0.710. The van der Waals surface area contributed by atoms with Gasteiger partial charge in [-0.1, -0.05) is 20.3 Å². The number of carbonyl (C=O) groups is 2. The molecule has 0 aliphatic heterocycles. The third-order valence-corrected chi connectivity index (χ3v) is 3.51. The zero-order valence-electron chi connectivity index (χ0n) is 9.36. The van der Waals surface area contributed by atoms with Crippen LogP contribution in [0.1, 0.15) is 26.7 Å². The van der Waals surface area contributed by atoms with Gasteiger partial charge in [-0.3, -0.25) is 9.59 Å². The van der Waals surface area contributed by atoms with E-state index >= 15 is 0 Å². The molecule has 0 amide bonds. The van der Waals surface area contributed by atoms with Gasteiger partial charge < -0.3 is 9.84 Å². The first kappa shape index (κ1) is 14.3. The molecule has 0 aliphatic rings. The van der Waals surface area contributed by atoms with E-state index in [1.54, 1.807) is 6.92 Å². The number of thioether (sulfide) groups is 1. The second-order valence-corrected chi connectivity index (χ2v) is 4.61. The van der Waals surface area contributed by atoms with Crippen molar-refractivity contribution < 1.29 is 19.4 Å². The highest BCUT2D eigenvalue weighted by atomic mass is 32.2. The van der Waals surface area contributed by atoms with Crippen LogP contribution in [0.3, 0.4) is 0 Å². The van der Waals surface area contributed by atoms with E-state index in [9.17, 15) is 9.59 Å². The number of hydrogen-bond acceptors (Lipinski definition) is 4. The van der Waals surface area contributed by atoms with E-state index in [-0.39, 0.29) is 11.9 Å². The maximum atomic E-state index is 11.1. The molecule has 4 nitrogen and oxygen atoms in total. The largest absolute Gasteiger partial charge is 0.480 e. The summed E-state index contributed by atoms with van der Waals surface area (Å²) >= 11 is 1.31. The zero-order chi connectivity index (χ0) is 11.8. The Labute approximate surface area is 94.4 Å². The van der Waals surface area contributed by atoms with Crippen molar-refractivity contribution in [3.8, 4) is 0 Å². The van der Waals surface area contributed by atoms with E-state index in [1.807, 2.05) is 6.92 Å². The number of carbonyl (C=O) groups excluding carboxylic acids is 1. The van der Waals surface area contributed by atoms with Crippen LogP contribution in [0.25, 0.3) is 0 Å². The average Bonchev–Trinajstić information content (AvgIpc) is 2.21. The number of aliphatic carboxylic acids is 1. The van der Waals surface area contributed by atoms with Gasteiger partial charge in [0.1, 0.15) is 5.25 Å². The van der Waals surface area contributed by atoms with Gasteiger partial charge in [-0.05, 0) is 6.42 Å². The minimum Gasteiger partial charge on any atom is -0.480 e. The van der Waals surface area contributed by atoms with Crippen molar-refractivity contribution in [3.05, 3.63) is 0 Å². The van der Waals surface area contributed by atoms with Gasteiger partial charge in [0.05, 0.1) is 13.0 Å². The molecule has 0 bridgehead atoms. The second-order valence-electron chi connectivity index (χ2n) is 3.37. The minimum atomic E-state index is -0.807. The summed E-state index contributed by atoms with van der Waals surface area (Å²) in [5, 5.41) is 8.46. The van der Waals surface area contributed by atoms with E-state index in [0.717, 1.165) is 6.42 Å². The predicted molar refractivity (Wildman–Crippen MR) is 60.0 cm³/mol. The molecule has 0 rings (SSSR count). The number of hydrogen-bond donors (Lipinski definition) is 1. The van der Waals surface area contributed by atoms with Gasteiger partial charge in [0.2, 0.25) is 0 Å². The van der Waals surface area contributed by atoms with Crippen molar-refractivity contribution in [2.75, 3.05) is 12.9 Å². The molecule has 0 aromatic carbocycles. The van der Waals surface area contributed by atoms with Crippen LogP contribution in [-0.4, -0.2) is 35.2 Å². The van der Waals surface area contributed by atoms with Crippen LogP contribution in [0.15, 0.2) is 0 Å². The van der Waals surface area contributed by atoms with Gasteiger partial charge in [0.15, 0.2) is 0 Å². The monoisotopic (exact) mass is 234 g/mol. The van der Waals surface area contributed by atoms with Crippen molar-refractivity contribution in [2.45, 2.75) is 31.9 Å². The molecule has 0 radical (unpaired) electrons. The summed E-state index contributed by atoms with van der Waals surface area (Å²) in [7, 11) is 1.34. The van der Waals surface area contributed by atoms with E-state index in [2.05, 4.69) is 4.74 Å². The number of carboxylic acid groups (broad SMARTS) is 1. The highest BCUT2D eigenvalue weighted by Crippen LogP contribution is 2.20. The summed E-state index contributed by atoms with van der Waals surface area (Å²) in [5.41, 5.74) is 0. The molecule has 5 heteroatoms. The van der Waals surface area contributed by atoms with Gasteiger partial charge in [-0.25, -0.2) is 0 Å². The van der Waals surface area contributed by atoms with Crippen LogP contribution in [0.2, 0.25) is 0 Å². The van der Waals surface area contributed by atoms with Gasteiger partial charge in [-0.2, -0.15) is 0 Å². The SMILES string of the molecule is CCCC(SCC(C)C(=O)OC)C(=O)O. The summed E-state index contributed by atoms with van der Waals surface area (Å²) in [6, 6.07) is 0. The van der Waals surface area contributed by atoms with Crippen LogP contribution >= 0.6 is 11.8 Å². The molecule has 1 N–H and O–H groups in total. The van der Waals surface area contributed by atoms with E-state index in [0.29, 0.717) is 12.2 Å². The predicted octanol–water partition coefficient (Wildman–Crippen LogP) is 1.78. The van der Waals surface area contributed by atoms with Crippen molar-refractivity contribution in [1.82, 2.24) is 0 Å². The Bertz CT molecular complexity index is 217. The Morgan fingerprint density at radius 1 is 1.47 bits per heavy atom. The smallest absolute Gasteiger partial charge is 0.316 e. The maximum Gasteiger partial charge on any atom is 0.316 e. The Kier molecular flexibility index (Phi) is 7.21. The summed E-state index contributed by atoms with van der Waals surface area (Å²) in [4.78, 5) is 21.9. The topological polar surface area (TPSA) is 63.6 Å². The van der Waals surface area contributed by atoms with E-state index in [4.69, 9.17) is 5.11 Å². The normalized spacial score (nSPS) is 14.3. The van der Waals surface area contributed by atoms with Crippen LogP contribution in [0.4, 0.5) is 0 Å². The molecule has 88 valence electrons. The van der Waals surface area contributed by atoms with E-state index < -0.39 is 11.2 Å². The number of rotatable bonds is 7. The second kappa shape index (κ2) is 7.56. The lowest BCUT2D eigenvalue weighted by Crippen LogP contribution is -2.21. The first-order valence-electron chi connectivity index (χ1n) is 4.95. The third-order valence-electron chi connectivity index (χ3n) is 1.98. The van der Waals surface area contributed by atoms with Gasteiger partial charge in [0, 0.05) is 5.75 Å². The first-order chi connectivity index (χ1) is 7.02. The molecule has 0 saturated heterocycles. The summed E-state index contributed by atoms with van der Waals surface area (Å²) in [5.74, 6) is -0.857. The van der Waals surface area contributed by atoms with Crippen molar-refractivity contribution in [3.63, 3.8) is 0 Å². The average molecular weight is 234 g/mol. The molecule has 0 spiro atoms. The lowest BCUT2D eigenvalue weighted by Gasteiger charge is -2.13. The van der Waals surface area contributed by atoms with Crippen LogP contribution < -0.4 is 0 Å². The third kappa shape index (κ3) is 5.67. The van der Waals surface area contributed by atoms with Crippen molar-refractivity contribution >= 4 is 23.7 Å². The summed E-state index contributed by atoms with van der Waals surface area (Å²) < 4.78 is 4.57. The fourth-order valence-electron chi connectivity index (χ4n) is 1.07. The first-order valence-corrected chi connectivity index (χ1v) is 6.00. The Balaban J connectivity index is 3.98. The molecule has 0 heterocycles. The lowest BCUT2D eigenvalue weighted by atomic mass is 10.2. The van der Waals surface area contributed by atoms with E-state index in [1.165, 1.54) is 18.9 Å². The molecule has 0 fully saturated rings. The Morgan fingerprint density at radius 2 is 2.07 bits per heavy atom. The quantitative estimate of drug-likeness (QED) is 0.680. The number of carboxylic acids is 1. The molecule has 0 aliphatic carbocycles. The fourth-order valence-corrected chi connectivity index (χ4v) is 2.27. The molecule has 2 atom stereocenters. The number of esters is 1. The fraction of sp³-hybridized carbons (Fsp3) is 0.800. The van der Waals surface area contributed by atoms with Gasteiger partial charge in [-0.15, -0.1) is 11.8 Å². The highest BCUT2D eigenvalue weighted by Gasteiger charge is 2.20. The van der Waals surface area contributed by atoms with Gasteiger partial charge >= 0.3 is 11.9 Å². The Morgan fingerprint density at radius 3 is 2.47 bits per heavy atom. The maximum absolute atomic E-state index is 11.1. The highest BCUT2D eigenvalue weighted by molar-refractivity contribution is 8.00. The lowest BCUT2D eigenvalue weighted by molar-refractivity contribution is -0.144. The van der Waals surface area contributed by atoms with Crippen LogP contribution in [0, 0.1) is 5.92 Å². The van der Waals surface area contributed by atoms with Crippen molar-refractivity contribution in [1.29, 1.82) is 0 Å². The molecule has 15 heavy (non-hydrogen) atoms. The standard InChI is InChI=1S/C10H18O4S/c1-4-5-8(9(11)12)15-6-7(2)10(13)14-3/h7-8H,4-6H2,1-3H3,(H,11,12). The van der Waals surface area contributed by atoms with Crippen LogP contribution in [-0.2, 0) is 14.3 Å². The minimum absolute atomic E-state index is 0.251. The van der Waals surface area contributed by atoms with Gasteiger partial charge in [0.25, 0.3) is 0 Å². The molecule has 0 aromatic heterocycles. The number of methoxy groups -OCH3 is 1. The molecule has 2 unspecified atom stereocenters. The summed E-state index contributed by atoms with van der Waals surface area (Å²) in [6.07, 6.45) is 1.46. The number of ether oxygens (including phenoxy) is 1. The van der Waals surface area contributed by atoms with Crippen LogP contribution in [0.5, 0.6) is 0 Å². The zero-order valence-corrected chi connectivity index (χ0v) is 10.2.